The summed E-state index contributed by atoms with van der Waals surface area (Å²) >= 11 is 0. The van der Waals surface area contributed by atoms with Crippen molar-refractivity contribution in [1.82, 2.24) is 0 Å². The fourth-order valence-electron chi connectivity index (χ4n) is 1.92. The lowest BCUT2D eigenvalue weighted by Crippen LogP contribution is -2.31. The zero-order valence-electron chi connectivity index (χ0n) is 9.75. The van der Waals surface area contributed by atoms with E-state index in [0.717, 1.165) is 5.56 Å². The Morgan fingerprint density at radius 1 is 1.35 bits per heavy atom. The molecule has 1 aromatic carbocycles. The lowest BCUT2D eigenvalue weighted by molar-refractivity contribution is -0.0447. The predicted molar refractivity (Wildman–Crippen MR) is 61.3 cm³/mol. The van der Waals surface area contributed by atoms with Crippen LogP contribution in [-0.4, -0.2) is 36.2 Å². The SMILES string of the molecule is CC1O[C@@H](COCc2ccccc2)[C@@H](O)[C@@H]1F. The number of rotatable bonds is 4. The molecule has 1 aliphatic rings. The van der Waals surface area contributed by atoms with Crippen molar-refractivity contribution in [3.8, 4) is 0 Å². The Kier molecular flexibility index (Phi) is 4.10. The second kappa shape index (κ2) is 5.58. The second-order valence-electron chi connectivity index (χ2n) is 4.32. The summed E-state index contributed by atoms with van der Waals surface area (Å²) in [6, 6.07) is 9.69. The van der Waals surface area contributed by atoms with Crippen molar-refractivity contribution in [2.45, 2.75) is 38.0 Å². The Labute approximate surface area is 100 Å². The molecule has 1 unspecified atom stereocenters. The molecule has 0 spiro atoms. The number of halogens is 1. The molecule has 1 fully saturated rings. The maximum absolute atomic E-state index is 13.3. The van der Waals surface area contributed by atoms with Gasteiger partial charge in [-0.1, -0.05) is 30.3 Å². The third kappa shape index (κ3) is 3.03. The highest BCUT2D eigenvalue weighted by Crippen LogP contribution is 2.24. The number of ether oxygens (including phenoxy) is 2. The van der Waals surface area contributed by atoms with Crippen LogP contribution in [0, 0.1) is 0 Å². The van der Waals surface area contributed by atoms with Gasteiger partial charge in [-0.05, 0) is 12.5 Å². The standard InChI is InChI=1S/C13H17FO3/c1-9-12(14)13(15)11(17-9)8-16-7-10-5-3-2-4-6-10/h2-6,9,11-13,15H,7-8H2,1H3/t9?,11-,12+,13+/m0/s1. The van der Waals surface area contributed by atoms with E-state index >= 15 is 0 Å². The molecule has 94 valence electrons. The van der Waals surface area contributed by atoms with Crippen LogP contribution >= 0.6 is 0 Å². The van der Waals surface area contributed by atoms with Crippen LogP contribution in [0.2, 0.25) is 0 Å². The molecule has 1 aliphatic heterocycles. The first-order chi connectivity index (χ1) is 8.18. The van der Waals surface area contributed by atoms with Crippen LogP contribution in [0.15, 0.2) is 30.3 Å². The summed E-state index contributed by atoms with van der Waals surface area (Å²) < 4.78 is 24.0. The van der Waals surface area contributed by atoms with E-state index in [1.54, 1.807) is 6.92 Å². The minimum atomic E-state index is -1.32. The van der Waals surface area contributed by atoms with Gasteiger partial charge in [0.25, 0.3) is 0 Å². The van der Waals surface area contributed by atoms with Crippen molar-refractivity contribution in [2.24, 2.45) is 0 Å². The first kappa shape index (κ1) is 12.5. The van der Waals surface area contributed by atoms with Crippen LogP contribution in [0.1, 0.15) is 12.5 Å². The zero-order valence-corrected chi connectivity index (χ0v) is 9.75. The summed E-state index contributed by atoms with van der Waals surface area (Å²) in [5, 5.41) is 9.55. The van der Waals surface area contributed by atoms with E-state index in [9.17, 15) is 9.50 Å². The molecular formula is C13H17FO3. The number of benzene rings is 1. The lowest BCUT2D eigenvalue weighted by atomic mass is 10.1. The minimum Gasteiger partial charge on any atom is -0.387 e. The second-order valence-corrected chi connectivity index (χ2v) is 4.32. The van der Waals surface area contributed by atoms with Gasteiger partial charge in [0, 0.05) is 0 Å². The molecule has 1 heterocycles. The fourth-order valence-corrected chi connectivity index (χ4v) is 1.92. The number of alkyl halides is 1. The van der Waals surface area contributed by atoms with Crippen molar-refractivity contribution in [1.29, 1.82) is 0 Å². The van der Waals surface area contributed by atoms with Gasteiger partial charge < -0.3 is 14.6 Å². The van der Waals surface area contributed by atoms with Crippen molar-refractivity contribution in [2.75, 3.05) is 6.61 Å². The number of aliphatic hydroxyl groups is 1. The molecule has 0 radical (unpaired) electrons. The van der Waals surface area contributed by atoms with E-state index in [2.05, 4.69) is 0 Å². The van der Waals surface area contributed by atoms with Crippen LogP contribution in [0.4, 0.5) is 4.39 Å². The Morgan fingerprint density at radius 2 is 2.06 bits per heavy atom. The smallest absolute Gasteiger partial charge is 0.154 e. The first-order valence-electron chi connectivity index (χ1n) is 5.78. The highest BCUT2D eigenvalue weighted by atomic mass is 19.1. The van der Waals surface area contributed by atoms with Crippen molar-refractivity contribution in [3.05, 3.63) is 35.9 Å². The first-order valence-corrected chi connectivity index (χ1v) is 5.78. The Bertz CT molecular complexity index is 344. The van der Waals surface area contributed by atoms with Gasteiger partial charge in [-0.3, -0.25) is 0 Å². The van der Waals surface area contributed by atoms with Crippen LogP contribution in [0.5, 0.6) is 0 Å². The Morgan fingerprint density at radius 3 is 2.65 bits per heavy atom. The molecule has 3 nitrogen and oxygen atoms in total. The third-order valence-electron chi connectivity index (χ3n) is 2.94. The largest absolute Gasteiger partial charge is 0.387 e. The molecular weight excluding hydrogens is 223 g/mol. The van der Waals surface area contributed by atoms with Gasteiger partial charge in [0.05, 0.1) is 19.3 Å². The molecule has 2 rings (SSSR count). The Balaban J connectivity index is 1.76. The van der Waals surface area contributed by atoms with Gasteiger partial charge in [0.2, 0.25) is 0 Å². The topological polar surface area (TPSA) is 38.7 Å². The molecule has 4 atom stereocenters. The van der Waals surface area contributed by atoms with E-state index in [1.165, 1.54) is 0 Å². The number of aliphatic hydroxyl groups excluding tert-OH is 1. The minimum absolute atomic E-state index is 0.209. The summed E-state index contributed by atoms with van der Waals surface area (Å²) in [6.45, 7) is 2.27. The van der Waals surface area contributed by atoms with Crippen LogP contribution in [-0.2, 0) is 16.1 Å². The zero-order chi connectivity index (χ0) is 12.3. The lowest BCUT2D eigenvalue weighted by Gasteiger charge is -2.14. The third-order valence-corrected chi connectivity index (χ3v) is 2.94. The molecule has 0 aliphatic carbocycles. The molecule has 0 amide bonds. The van der Waals surface area contributed by atoms with Gasteiger partial charge in [0.15, 0.2) is 6.17 Å². The normalized spacial score (nSPS) is 32.9. The molecule has 17 heavy (non-hydrogen) atoms. The summed E-state index contributed by atoms with van der Waals surface area (Å²) in [7, 11) is 0. The Hall–Kier alpha value is -0.970. The van der Waals surface area contributed by atoms with Crippen LogP contribution < -0.4 is 0 Å². The van der Waals surface area contributed by atoms with Crippen molar-refractivity contribution in [3.63, 3.8) is 0 Å². The average Bonchev–Trinajstić information content (AvgIpc) is 2.59. The van der Waals surface area contributed by atoms with Gasteiger partial charge in [-0.15, -0.1) is 0 Å². The molecule has 0 saturated carbocycles. The van der Waals surface area contributed by atoms with Crippen LogP contribution in [0.25, 0.3) is 0 Å². The molecule has 0 bridgehead atoms. The predicted octanol–water partition coefficient (Wildman–Crippen LogP) is 1.69. The van der Waals surface area contributed by atoms with E-state index in [4.69, 9.17) is 9.47 Å². The summed E-state index contributed by atoms with van der Waals surface area (Å²) in [5.41, 5.74) is 1.05. The number of hydrogen-bond donors (Lipinski definition) is 1. The molecule has 1 saturated heterocycles. The quantitative estimate of drug-likeness (QED) is 0.870. The van der Waals surface area contributed by atoms with Crippen LogP contribution in [0.3, 0.4) is 0 Å². The molecule has 1 aromatic rings. The summed E-state index contributed by atoms with van der Waals surface area (Å²) in [4.78, 5) is 0. The maximum atomic E-state index is 13.3. The van der Waals surface area contributed by atoms with Gasteiger partial charge in [0.1, 0.15) is 12.2 Å². The molecule has 1 N–H and O–H groups in total. The maximum Gasteiger partial charge on any atom is 0.154 e. The molecule has 4 heteroatoms. The highest BCUT2D eigenvalue weighted by Gasteiger charge is 2.41. The van der Waals surface area contributed by atoms with E-state index in [-0.39, 0.29) is 6.61 Å². The van der Waals surface area contributed by atoms with Gasteiger partial charge in [-0.2, -0.15) is 0 Å². The van der Waals surface area contributed by atoms with Crippen molar-refractivity contribution >= 4 is 0 Å². The summed E-state index contributed by atoms with van der Waals surface area (Å²) in [5.74, 6) is 0. The monoisotopic (exact) mass is 240 g/mol. The summed E-state index contributed by atoms with van der Waals surface area (Å²) in [6.07, 6.45) is -3.53. The number of hydrogen-bond acceptors (Lipinski definition) is 3. The van der Waals surface area contributed by atoms with E-state index < -0.39 is 24.5 Å². The van der Waals surface area contributed by atoms with E-state index in [0.29, 0.717) is 6.61 Å². The van der Waals surface area contributed by atoms with Gasteiger partial charge >= 0.3 is 0 Å². The fraction of sp³-hybridized carbons (Fsp3) is 0.538. The van der Waals surface area contributed by atoms with Gasteiger partial charge in [-0.25, -0.2) is 4.39 Å². The highest BCUT2D eigenvalue weighted by molar-refractivity contribution is 5.13. The van der Waals surface area contributed by atoms with E-state index in [1.807, 2.05) is 30.3 Å². The average molecular weight is 240 g/mol. The molecule has 0 aromatic heterocycles. The van der Waals surface area contributed by atoms with Crippen molar-refractivity contribution < 1.29 is 19.0 Å².